The Morgan fingerprint density at radius 3 is 2.69 bits per heavy atom. The van der Waals surface area contributed by atoms with Gasteiger partial charge in [0.05, 0.1) is 12.5 Å². The molecule has 0 aromatic heterocycles. The Morgan fingerprint density at radius 2 is 2.12 bits per heavy atom. The van der Waals surface area contributed by atoms with E-state index in [0.29, 0.717) is 12.2 Å². The number of aryl methyl sites for hydroxylation is 1. The van der Waals surface area contributed by atoms with Crippen LogP contribution in [0.25, 0.3) is 0 Å². The Morgan fingerprint density at radius 1 is 1.50 bits per heavy atom. The smallest absolute Gasteiger partial charge is 0.307 e. The summed E-state index contributed by atoms with van der Waals surface area (Å²) in [5.74, 6) is 0. The molecule has 16 heavy (non-hydrogen) atoms. The quantitative estimate of drug-likeness (QED) is 0.791. The first-order valence-corrected chi connectivity index (χ1v) is 5.24. The van der Waals surface area contributed by atoms with E-state index in [4.69, 9.17) is 5.26 Å². The fourth-order valence-electron chi connectivity index (χ4n) is 1.08. The minimum atomic E-state index is -0.331. The fourth-order valence-corrected chi connectivity index (χ4v) is 1.23. The molecule has 0 unspecified atom stereocenters. The molecule has 0 saturated heterocycles. The second-order valence-corrected chi connectivity index (χ2v) is 3.81. The van der Waals surface area contributed by atoms with E-state index in [1.807, 2.05) is 37.3 Å². The molecular weight excluding hydrogens is 222 g/mol. The lowest BCUT2D eigenvalue weighted by atomic mass is 10.2. The number of hydrogen-bond donors (Lipinski definition) is 2. The van der Waals surface area contributed by atoms with Crippen LogP contribution in [0.4, 0.5) is 10.5 Å². The van der Waals surface area contributed by atoms with E-state index in [1.165, 1.54) is 4.31 Å². The maximum atomic E-state index is 11.5. The van der Waals surface area contributed by atoms with Crippen LogP contribution < -0.4 is 5.32 Å². The van der Waals surface area contributed by atoms with Crippen molar-refractivity contribution in [1.82, 2.24) is 4.31 Å². The Labute approximate surface area is 100 Å². The van der Waals surface area contributed by atoms with Crippen LogP contribution in [-0.2, 0) is 0 Å². The Balaban J connectivity index is 2.51. The number of rotatable bonds is 3. The van der Waals surface area contributed by atoms with Crippen molar-refractivity contribution in [2.45, 2.75) is 13.3 Å². The zero-order chi connectivity index (χ0) is 12.0. The third kappa shape index (κ3) is 3.83. The fraction of sp³-hybridized carbons (Fsp3) is 0.273. The Hall–Kier alpha value is -1.67. The zero-order valence-electron chi connectivity index (χ0n) is 8.97. The van der Waals surface area contributed by atoms with Gasteiger partial charge in [0.15, 0.2) is 0 Å². The Bertz CT molecular complexity index is 397. The summed E-state index contributed by atoms with van der Waals surface area (Å²) in [4.78, 5) is 11.5. The molecule has 0 heterocycles. The molecule has 0 fully saturated rings. The van der Waals surface area contributed by atoms with Gasteiger partial charge in [-0.2, -0.15) is 5.26 Å². The number of nitrogens with zero attached hydrogens (tertiary/aromatic N) is 2. The molecule has 1 aromatic carbocycles. The third-order valence-electron chi connectivity index (χ3n) is 1.97. The lowest BCUT2D eigenvalue weighted by molar-refractivity contribution is 0.239. The van der Waals surface area contributed by atoms with Gasteiger partial charge < -0.3 is 5.32 Å². The molecule has 0 aliphatic rings. The van der Waals surface area contributed by atoms with Crippen molar-refractivity contribution >= 4 is 24.5 Å². The van der Waals surface area contributed by atoms with Crippen LogP contribution in [-0.4, -0.2) is 16.9 Å². The highest BCUT2D eigenvalue weighted by atomic mass is 32.1. The summed E-state index contributed by atoms with van der Waals surface area (Å²) in [6.07, 6.45) is 0.269. The molecule has 0 spiro atoms. The monoisotopic (exact) mass is 235 g/mol. The number of nitrogens with one attached hydrogen (secondary N) is 1. The molecule has 5 heteroatoms. The normalized spacial score (nSPS) is 9.31. The van der Waals surface area contributed by atoms with Crippen LogP contribution in [0.15, 0.2) is 24.3 Å². The SMILES string of the molecule is Cc1ccc(NC(=O)N(S)CCC#N)cc1. The lowest BCUT2D eigenvalue weighted by Gasteiger charge is -2.14. The summed E-state index contributed by atoms with van der Waals surface area (Å²) >= 11 is 3.98. The maximum Gasteiger partial charge on any atom is 0.331 e. The number of nitriles is 1. The number of hydrogen-bond acceptors (Lipinski definition) is 3. The van der Waals surface area contributed by atoms with Gasteiger partial charge in [-0.3, -0.25) is 4.31 Å². The van der Waals surface area contributed by atoms with Gasteiger partial charge in [0.2, 0.25) is 0 Å². The van der Waals surface area contributed by atoms with Gasteiger partial charge in [0, 0.05) is 12.2 Å². The van der Waals surface area contributed by atoms with E-state index in [2.05, 4.69) is 18.1 Å². The molecule has 0 aliphatic carbocycles. The average Bonchev–Trinajstić information content (AvgIpc) is 2.29. The number of thiol groups is 1. The van der Waals surface area contributed by atoms with Gasteiger partial charge >= 0.3 is 6.03 Å². The van der Waals surface area contributed by atoms with E-state index in [-0.39, 0.29) is 12.5 Å². The Kier molecular flexibility index (Phi) is 4.67. The van der Waals surface area contributed by atoms with Gasteiger partial charge in [-0.05, 0) is 19.1 Å². The number of anilines is 1. The summed E-state index contributed by atoms with van der Waals surface area (Å²) in [5, 5.41) is 11.1. The molecule has 1 rings (SSSR count). The molecule has 84 valence electrons. The topological polar surface area (TPSA) is 56.1 Å². The van der Waals surface area contributed by atoms with Gasteiger partial charge in [-0.25, -0.2) is 4.79 Å². The molecule has 0 bridgehead atoms. The molecule has 4 nitrogen and oxygen atoms in total. The van der Waals surface area contributed by atoms with E-state index in [1.54, 1.807) is 0 Å². The molecule has 0 aliphatic heterocycles. The minimum Gasteiger partial charge on any atom is -0.307 e. The van der Waals surface area contributed by atoms with Crippen molar-refractivity contribution in [2.75, 3.05) is 11.9 Å². The standard InChI is InChI=1S/C11H13N3OS/c1-9-3-5-10(6-4-9)13-11(15)14(16)8-2-7-12/h3-6,16H,2,8H2,1H3,(H,13,15). The average molecular weight is 235 g/mol. The predicted molar refractivity (Wildman–Crippen MR) is 66.1 cm³/mol. The zero-order valence-corrected chi connectivity index (χ0v) is 9.87. The molecule has 1 N–H and O–H groups in total. The van der Waals surface area contributed by atoms with Crippen molar-refractivity contribution in [1.29, 1.82) is 5.26 Å². The largest absolute Gasteiger partial charge is 0.331 e. The van der Waals surface area contributed by atoms with Crippen LogP contribution in [0.2, 0.25) is 0 Å². The third-order valence-corrected chi connectivity index (χ3v) is 2.35. The number of carbonyl (C=O) groups is 1. The van der Waals surface area contributed by atoms with Crippen molar-refractivity contribution < 1.29 is 4.79 Å². The van der Waals surface area contributed by atoms with Gasteiger partial charge in [0.1, 0.15) is 0 Å². The van der Waals surface area contributed by atoms with E-state index in [9.17, 15) is 4.79 Å². The van der Waals surface area contributed by atoms with Crippen molar-refractivity contribution in [3.63, 3.8) is 0 Å². The first-order chi connectivity index (χ1) is 7.63. The van der Waals surface area contributed by atoms with Crippen molar-refractivity contribution in [3.8, 4) is 6.07 Å². The predicted octanol–water partition coefficient (Wildman–Crippen LogP) is 2.59. The number of benzene rings is 1. The minimum absolute atomic E-state index is 0.269. The van der Waals surface area contributed by atoms with Crippen LogP contribution >= 0.6 is 12.8 Å². The molecule has 0 saturated carbocycles. The molecule has 2 amide bonds. The summed E-state index contributed by atoms with van der Waals surface area (Å²) < 4.78 is 1.18. The second-order valence-electron chi connectivity index (χ2n) is 3.33. The summed E-state index contributed by atoms with van der Waals surface area (Å²) in [6.45, 7) is 2.28. The summed E-state index contributed by atoms with van der Waals surface area (Å²) in [6, 6.07) is 9.08. The van der Waals surface area contributed by atoms with E-state index < -0.39 is 0 Å². The van der Waals surface area contributed by atoms with Crippen molar-refractivity contribution in [3.05, 3.63) is 29.8 Å². The van der Waals surface area contributed by atoms with Crippen LogP contribution in [0.3, 0.4) is 0 Å². The van der Waals surface area contributed by atoms with E-state index >= 15 is 0 Å². The van der Waals surface area contributed by atoms with Gasteiger partial charge in [-0.1, -0.05) is 30.5 Å². The molecule has 0 atom stereocenters. The highest BCUT2D eigenvalue weighted by Gasteiger charge is 2.08. The van der Waals surface area contributed by atoms with Gasteiger partial charge in [-0.15, -0.1) is 0 Å². The number of urea groups is 1. The maximum absolute atomic E-state index is 11.5. The highest BCUT2D eigenvalue weighted by molar-refractivity contribution is 7.78. The first-order valence-electron chi connectivity index (χ1n) is 4.84. The van der Waals surface area contributed by atoms with Crippen LogP contribution in [0.1, 0.15) is 12.0 Å². The van der Waals surface area contributed by atoms with E-state index in [0.717, 1.165) is 5.56 Å². The van der Waals surface area contributed by atoms with Gasteiger partial charge in [0.25, 0.3) is 0 Å². The summed E-state index contributed by atoms with van der Waals surface area (Å²) in [7, 11) is 0. The van der Waals surface area contributed by atoms with Crippen LogP contribution in [0, 0.1) is 18.3 Å². The molecule has 1 aromatic rings. The molecule has 0 radical (unpaired) electrons. The lowest BCUT2D eigenvalue weighted by Crippen LogP contribution is -2.27. The second kappa shape index (κ2) is 6.03. The summed E-state index contributed by atoms with van der Waals surface area (Å²) in [5.41, 5.74) is 1.84. The van der Waals surface area contributed by atoms with Crippen molar-refractivity contribution in [2.24, 2.45) is 0 Å². The molecular formula is C11H13N3OS. The first kappa shape index (κ1) is 12.4. The number of carbonyl (C=O) groups excluding carboxylic acids is 1. The van der Waals surface area contributed by atoms with Crippen LogP contribution in [0.5, 0.6) is 0 Å². The highest BCUT2D eigenvalue weighted by Crippen LogP contribution is 2.10. The number of amides is 2.